The molecule has 0 aliphatic heterocycles. The molecule has 10 heteroatoms. The van der Waals surface area contributed by atoms with E-state index in [1.807, 2.05) is 0 Å². The molecule has 0 unspecified atom stereocenters. The van der Waals surface area contributed by atoms with Crippen molar-refractivity contribution in [1.82, 2.24) is 14.9 Å². The van der Waals surface area contributed by atoms with Gasteiger partial charge in [-0.05, 0) is 31.0 Å². The smallest absolute Gasteiger partial charge is 0.315 e. The molecule has 3 amide bonds. The van der Waals surface area contributed by atoms with Gasteiger partial charge in [0, 0.05) is 32.1 Å². The summed E-state index contributed by atoms with van der Waals surface area (Å²) < 4.78 is 26.6. The molecule has 0 saturated heterocycles. The van der Waals surface area contributed by atoms with Gasteiger partial charge in [-0.1, -0.05) is 33.1 Å². The summed E-state index contributed by atoms with van der Waals surface area (Å²) in [4.78, 5) is 24.1. The highest BCUT2D eigenvalue weighted by Gasteiger charge is 2.23. The van der Waals surface area contributed by atoms with Crippen molar-refractivity contribution in [3.63, 3.8) is 0 Å². The molecule has 4 N–H and O–H groups in total. The maximum Gasteiger partial charge on any atom is 0.315 e. The number of carbonyl (C=O) groups is 2. The minimum Gasteiger partial charge on any atom is -0.506 e. The zero-order valence-corrected chi connectivity index (χ0v) is 18.4. The number of benzene rings is 1. The summed E-state index contributed by atoms with van der Waals surface area (Å²) in [7, 11) is -3.71. The van der Waals surface area contributed by atoms with Crippen LogP contribution in [0.15, 0.2) is 23.1 Å². The number of sulfonamides is 1. The zero-order valence-electron chi connectivity index (χ0n) is 17.6. The lowest BCUT2D eigenvalue weighted by atomic mass is 9.96. The first-order valence-corrected chi connectivity index (χ1v) is 11.9. The van der Waals surface area contributed by atoms with Crippen LogP contribution in [0.2, 0.25) is 0 Å². The third-order valence-electron chi connectivity index (χ3n) is 5.16. The number of phenols is 1. The lowest BCUT2D eigenvalue weighted by Gasteiger charge is -2.22. The molecule has 1 aliphatic carbocycles. The first-order chi connectivity index (χ1) is 14.3. The Hall–Kier alpha value is -2.33. The van der Waals surface area contributed by atoms with Crippen LogP contribution in [0.5, 0.6) is 5.75 Å². The quantitative estimate of drug-likeness (QED) is 0.438. The van der Waals surface area contributed by atoms with Gasteiger partial charge in [0.25, 0.3) is 0 Å². The fourth-order valence-electron chi connectivity index (χ4n) is 3.47. The lowest BCUT2D eigenvalue weighted by molar-refractivity contribution is -0.116. The molecule has 30 heavy (non-hydrogen) atoms. The van der Waals surface area contributed by atoms with Crippen molar-refractivity contribution in [1.29, 1.82) is 0 Å². The molecule has 0 atom stereocenters. The van der Waals surface area contributed by atoms with Crippen LogP contribution in [0.4, 0.5) is 10.5 Å². The summed E-state index contributed by atoms with van der Waals surface area (Å²) >= 11 is 0. The van der Waals surface area contributed by atoms with Crippen molar-refractivity contribution in [2.75, 3.05) is 25.0 Å². The summed E-state index contributed by atoms with van der Waals surface area (Å²) in [6.45, 7) is 4.23. The van der Waals surface area contributed by atoms with Crippen molar-refractivity contribution in [2.24, 2.45) is 0 Å². The largest absolute Gasteiger partial charge is 0.506 e. The average Bonchev–Trinajstić information content (AvgIpc) is 2.71. The molecule has 1 aromatic rings. The topological polar surface area (TPSA) is 128 Å². The number of hydrogen-bond acceptors (Lipinski definition) is 5. The van der Waals surface area contributed by atoms with E-state index >= 15 is 0 Å². The van der Waals surface area contributed by atoms with Gasteiger partial charge in [0.2, 0.25) is 15.9 Å². The molecular weight excluding hydrogens is 408 g/mol. The Bertz CT molecular complexity index is 834. The molecule has 2 rings (SSSR count). The van der Waals surface area contributed by atoms with Crippen LogP contribution in [0.25, 0.3) is 0 Å². The number of aromatic hydroxyl groups is 1. The van der Waals surface area contributed by atoms with E-state index in [1.54, 1.807) is 13.8 Å². The van der Waals surface area contributed by atoms with Crippen molar-refractivity contribution in [3.8, 4) is 5.75 Å². The third kappa shape index (κ3) is 6.60. The van der Waals surface area contributed by atoms with Gasteiger partial charge >= 0.3 is 6.03 Å². The Morgan fingerprint density at radius 2 is 1.80 bits per heavy atom. The average molecular weight is 441 g/mol. The number of anilines is 1. The molecule has 0 aromatic heterocycles. The van der Waals surface area contributed by atoms with Crippen LogP contribution in [-0.2, 0) is 14.8 Å². The number of carbonyl (C=O) groups excluding carboxylic acids is 2. The first-order valence-electron chi connectivity index (χ1n) is 10.4. The number of nitrogens with one attached hydrogen (secondary N) is 3. The fourth-order valence-corrected chi connectivity index (χ4v) is 4.96. The highest BCUT2D eigenvalue weighted by molar-refractivity contribution is 7.89. The fraction of sp³-hybridized carbons (Fsp3) is 0.600. The molecule has 1 aliphatic rings. The molecular formula is C20H32N4O5S. The molecule has 0 heterocycles. The van der Waals surface area contributed by atoms with Gasteiger partial charge in [0.1, 0.15) is 5.75 Å². The second kappa shape index (κ2) is 11.2. The van der Waals surface area contributed by atoms with Crippen LogP contribution in [0.3, 0.4) is 0 Å². The number of amides is 3. The Balaban J connectivity index is 1.89. The molecule has 0 bridgehead atoms. The van der Waals surface area contributed by atoms with E-state index in [0.29, 0.717) is 13.1 Å². The molecule has 1 aromatic carbocycles. The monoisotopic (exact) mass is 440 g/mol. The molecule has 0 radical (unpaired) electrons. The van der Waals surface area contributed by atoms with E-state index in [-0.39, 0.29) is 41.4 Å². The number of rotatable bonds is 9. The third-order valence-corrected chi connectivity index (χ3v) is 7.21. The maximum absolute atomic E-state index is 12.6. The Morgan fingerprint density at radius 3 is 2.43 bits per heavy atom. The van der Waals surface area contributed by atoms with Crippen molar-refractivity contribution < 1.29 is 23.1 Å². The predicted octanol–water partition coefficient (Wildman–Crippen LogP) is 2.38. The van der Waals surface area contributed by atoms with Crippen LogP contribution in [0, 0.1) is 0 Å². The van der Waals surface area contributed by atoms with Crippen LogP contribution < -0.4 is 16.0 Å². The van der Waals surface area contributed by atoms with E-state index in [1.165, 1.54) is 28.9 Å². The Morgan fingerprint density at radius 1 is 1.13 bits per heavy atom. The van der Waals surface area contributed by atoms with E-state index in [0.717, 1.165) is 25.7 Å². The zero-order chi connectivity index (χ0) is 22.1. The van der Waals surface area contributed by atoms with Crippen LogP contribution in [-0.4, -0.2) is 55.4 Å². The van der Waals surface area contributed by atoms with Gasteiger partial charge in [-0.15, -0.1) is 0 Å². The SMILES string of the molecule is CCN(CC)S(=O)(=O)c1ccc(O)c(NC(=O)CCNC(=O)NC2CCCCC2)c1. The molecule has 168 valence electrons. The van der Waals surface area contributed by atoms with Gasteiger partial charge < -0.3 is 21.1 Å². The molecule has 0 spiro atoms. The number of phenolic OH excluding ortho intramolecular Hbond substituents is 1. The minimum atomic E-state index is -3.71. The van der Waals surface area contributed by atoms with E-state index in [4.69, 9.17) is 0 Å². The number of urea groups is 1. The molecule has 1 saturated carbocycles. The Kier molecular flexibility index (Phi) is 8.91. The second-order valence-corrected chi connectivity index (χ2v) is 9.24. The Labute approximate surface area is 178 Å². The molecule has 9 nitrogen and oxygen atoms in total. The summed E-state index contributed by atoms with van der Waals surface area (Å²) in [5, 5.41) is 18.1. The first kappa shape index (κ1) is 23.9. The predicted molar refractivity (Wildman–Crippen MR) is 115 cm³/mol. The lowest BCUT2D eigenvalue weighted by Crippen LogP contribution is -2.43. The minimum absolute atomic E-state index is 0.00938. The standard InChI is InChI=1S/C20H32N4O5S/c1-3-24(4-2)30(28,29)16-10-11-18(25)17(14-16)23-19(26)12-13-21-20(27)22-15-8-6-5-7-9-15/h10-11,14-15,25H,3-9,12-13H2,1-2H3,(H,23,26)(H2,21,22,27). The van der Waals surface area contributed by atoms with Crippen molar-refractivity contribution in [2.45, 2.75) is 63.3 Å². The summed E-state index contributed by atoms with van der Waals surface area (Å²) in [5.74, 6) is -0.675. The van der Waals surface area contributed by atoms with Crippen molar-refractivity contribution in [3.05, 3.63) is 18.2 Å². The van der Waals surface area contributed by atoms with Gasteiger partial charge in [-0.3, -0.25) is 4.79 Å². The highest BCUT2D eigenvalue weighted by Crippen LogP contribution is 2.28. The van der Waals surface area contributed by atoms with Gasteiger partial charge in [0.05, 0.1) is 10.6 Å². The normalized spacial score (nSPS) is 15.0. The number of nitrogens with zero attached hydrogens (tertiary/aromatic N) is 1. The summed E-state index contributed by atoms with van der Waals surface area (Å²) in [5.41, 5.74) is 0.0138. The van der Waals surface area contributed by atoms with Crippen molar-refractivity contribution >= 4 is 27.6 Å². The van der Waals surface area contributed by atoms with Gasteiger partial charge in [-0.25, -0.2) is 13.2 Å². The van der Waals surface area contributed by atoms with Gasteiger partial charge in [0.15, 0.2) is 0 Å². The highest BCUT2D eigenvalue weighted by atomic mass is 32.2. The van der Waals surface area contributed by atoms with E-state index < -0.39 is 15.9 Å². The second-order valence-electron chi connectivity index (χ2n) is 7.30. The van der Waals surface area contributed by atoms with Gasteiger partial charge in [-0.2, -0.15) is 4.31 Å². The van der Waals surface area contributed by atoms with E-state index in [2.05, 4.69) is 16.0 Å². The van der Waals surface area contributed by atoms with E-state index in [9.17, 15) is 23.1 Å². The number of hydrogen-bond donors (Lipinski definition) is 4. The van der Waals surface area contributed by atoms with Crippen LogP contribution >= 0.6 is 0 Å². The van der Waals surface area contributed by atoms with Crippen LogP contribution in [0.1, 0.15) is 52.4 Å². The molecule has 1 fully saturated rings. The maximum atomic E-state index is 12.6. The summed E-state index contributed by atoms with van der Waals surface area (Å²) in [6, 6.07) is 3.66. The summed E-state index contributed by atoms with van der Waals surface area (Å²) in [6.07, 6.45) is 5.36.